The Balaban J connectivity index is 1.70. The summed E-state index contributed by atoms with van der Waals surface area (Å²) < 4.78 is 7.02. The van der Waals surface area contributed by atoms with Gasteiger partial charge in [-0.05, 0) is 52.4 Å². The number of carbonyl (C=O) groups excluding carboxylic acids is 1. The highest BCUT2D eigenvalue weighted by atomic mass is 16.5. The molecule has 1 amide bonds. The second kappa shape index (κ2) is 7.98. The highest BCUT2D eigenvalue weighted by Gasteiger charge is 2.15. The predicted molar refractivity (Wildman–Crippen MR) is 108 cm³/mol. The predicted octanol–water partition coefficient (Wildman–Crippen LogP) is 3.53. The Morgan fingerprint density at radius 1 is 1.18 bits per heavy atom. The molecule has 7 nitrogen and oxygen atoms in total. The van der Waals surface area contributed by atoms with Crippen LogP contribution in [0.5, 0.6) is 0 Å². The summed E-state index contributed by atoms with van der Waals surface area (Å²) in [6.45, 7) is 9.25. The second-order valence-electron chi connectivity index (χ2n) is 7.30. The number of aromatic nitrogens is 3. The smallest absolute Gasteiger partial charge is 0.255 e. The topological polar surface area (TPSA) is 76.2 Å². The summed E-state index contributed by atoms with van der Waals surface area (Å²) in [4.78, 5) is 14.9. The van der Waals surface area contributed by atoms with Gasteiger partial charge < -0.3 is 9.84 Å². The molecule has 0 aliphatic rings. The number of nitrogens with zero attached hydrogens (tertiary/aromatic N) is 4. The summed E-state index contributed by atoms with van der Waals surface area (Å²) in [6, 6.07) is 7.68. The highest BCUT2D eigenvalue weighted by Crippen LogP contribution is 2.20. The summed E-state index contributed by atoms with van der Waals surface area (Å²) in [5, 5.41) is 11.2. The van der Waals surface area contributed by atoms with Gasteiger partial charge in [-0.15, -0.1) is 0 Å². The number of anilines is 1. The van der Waals surface area contributed by atoms with Gasteiger partial charge in [0.15, 0.2) is 5.76 Å². The summed E-state index contributed by atoms with van der Waals surface area (Å²) in [7, 11) is 4.04. The van der Waals surface area contributed by atoms with Gasteiger partial charge in [0.2, 0.25) is 0 Å². The number of carbonyl (C=O) groups is 1. The van der Waals surface area contributed by atoms with Crippen molar-refractivity contribution in [2.45, 2.75) is 40.8 Å². The number of aryl methyl sites for hydroxylation is 4. The van der Waals surface area contributed by atoms with Crippen molar-refractivity contribution >= 4 is 11.6 Å². The van der Waals surface area contributed by atoms with Gasteiger partial charge in [0, 0.05) is 37.0 Å². The summed E-state index contributed by atoms with van der Waals surface area (Å²) >= 11 is 0. The summed E-state index contributed by atoms with van der Waals surface area (Å²) in [5.41, 5.74) is 6.47. The fraction of sp³-hybridized carbons (Fsp3) is 0.381. The third-order valence-corrected chi connectivity index (χ3v) is 5.00. The molecular weight excluding hydrogens is 354 g/mol. The van der Waals surface area contributed by atoms with Crippen LogP contribution in [0.4, 0.5) is 5.69 Å². The molecule has 0 atom stereocenters. The fourth-order valence-corrected chi connectivity index (χ4v) is 3.34. The third kappa shape index (κ3) is 4.14. The second-order valence-corrected chi connectivity index (χ2v) is 7.30. The van der Waals surface area contributed by atoms with Crippen LogP contribution in [-0.4, -0.2) is 32.8 Å². The van der Waals surface area contributed by atoms with E-state index in [-0.39, 0.29) is 5.91 Å². The third-order valence-electron chi connectivity index (χ3n) is 5.00. The van der Waals surface area contributed by atoms with E-state index in [1.807, 2.05) is 42.9 Å². The van der Waals surface area contributed by atoms with E-state index < -0.39 is 0 Å². The van der Waals surface area contributed by atoms with E-state index >= 15 is 0 Å². The molecule has 0 saturated carbocycles. The van der Waals surface area contributed by atoms with Crippen molar-refractivity contribution in [1.29, 1.82) is 0 Å². The lowest BCUT2D eigenvalue weighted by Crippen LogP contribution is -2.19. The van der Waals surface area contributed by atoms with Gasteiger partial charge in [-0.3, -0.25) is 14.4 Å². The lowest BCUT2D eigenvalue weighted by Gasteiger charge is -2.17. The molecule has 1 aromatic carbocycles. The zero-order valence-electron chi connectivity index (χ0n) is 17.3. The molecule has 2 aromatic heterocycles. The Bertz CT molecular complexity index is 983. The van der Waals surface area contributed by atoms with Crippen molar-refractivity contribution < 1.29 is 9.32 Å². The van der Waals surface area contributed by atoms with Gasteiger partial charge in [0.25, 0.3) is 5.91 Å². The Labute approximate surface area is 165 Å². The van der Waals surface area contributed by atoms with Gasteiger partial charge in [0.1, 0.15) is 11.4 Å². The number of rotatable bonds is 6. The van der Waals surface area contributed by atoms with E-state index in [2.05, 4.69) is 34.4 Å². The summed E-state index contributed by atoms with van der Waals surface area (Å²) in [5.74, 6) is 0.432. The van der Waals surface area contributed by atoms with Gasteiger partial charge in [-0.2, -0.15) is 5.10 Å². The fourth-order valence-electron chi connectivity index (χ4n) is 3.34. The molecule has 0 spiro atoms. The number of nitrogens with one attached hydrogen (secondary N) is 1. The first-order valence-corrected chi connectivity index (χ1v) is 9.27. The van der Waals surface area contributed by atoms with Crippen LogP contribution in [0.15, 0.2) is 28.8 Å². The molecule has 3 rings (SSSR count). The maximum absolute atomic E-state index is 12.6. The highest BCUT2D eigenvalue weighted by molar-refractivity contribution is 6.04. The van der Waals surface area contributed by atoms with Crippen molar-refractivity contribution in [2.75, 3.05) is 12.4 Å². The Morgan fingerprint density at radius 3 is 2.54 bits per heavy atom. The lowest BCUT2D eigenvalue weighted by molar-refractivity contribution is 0.102. The van der Waals surface area contributed by atoms with Crippen LogP contribution in [0.1, 0.15) is 44.3 Å². The molecular formula is C21H27N5O2. The average molecular weight is 381 g/mol. The molecule has 0 radical (unpaired) electrons. The van der Waals surface area contributed by atoms with Gasteiger partial charge in [-0.25, -0.2) is 0 Å². The molecule has 0 aliphatic heterocycles. The largest absolute Gasteiger partial charge is 0.359 e. The van der Waals surface area contributed by atoms with Crippen molar-refractivity contribution in [3.63, 3.8) is 0 Å². The van der Waals surface area contributed by atoms with Gasteiger partial charge in [0.05, 0.1) is 5.69 Å². The maximum atomic E-state index is 12.6. The van der Waals surface area contributed by atoms with Crippen LogP contribution in [0.25, 0.3) is 0 Å². The van der Waals surface area contributed by atoms with Crippen molar-refractivity contribution in [2.24, 2.45) is 7.05 Å². The number of hydrogen-bond acceptors (Lipinski definition) is 5. The first kappa shape index (κ1) is 19.8. The molecule has 0 aliphatic carbocycles. The van der Waals surface area contributed by atoms with Crippen LogP contribution >= 0.6 is 0 Å². The molecule has 0 unspecified atom stereocenters. The average Bonchev–Trinajstić information content (AvgIpc) is 3.09. The molecule has 0 saturated heterocycles. The van der Waals surface area contributed by atoms with Crippen LogP contribution in [0, 0.1) is 27.7 Å². The van der Waals surface area contributed by atoms with Crippen LogP contribution in [0.2, 0.25) is 0 Å². The van der Waals surface area contributed by atoms with Crippen molar-refractivity contribution in [3.8, 4) is 0 Å². The quantitative estimate of drug-likeness (QED) is 0.707. The van der Waals surface area contributed by atoms with E-state index in [9.17, 15) is 4.79 Å². The normalized spacial score (nSPS) is 11.2. The minimum atomic E-state index is -0.169. The van der Waals surface area contributed by atoms with Crippen LogP contribution < -0.4 is 5.32 Å². The number of amides is 1. The summed E-state index contributed by atoms with van der Waals surface area (Å²) in [6.07, 6.45) is 0. The Morgan fingerprint density at radius 2 is 1.93 bits per heavy atom. The maximum Gasteiger partial charge on any atom is 0.255 e. The Kier molecular flexibility index (Phi) is 5.65. The molecule has 148 valence electrons. The molecule has 1 N–H and O–H groups in total. The Hall–Kier alpha value is -2.93. The molecule has 7 heteroatoms. The van der Waals surface area contributed by atoms with E-state index in [1.165, 1.54) is 11.3 Å². The lowest BCUT2D eigenvalue weighted by atomic mass is 10.1. The SMILES string of the molecule is Cc1nn(C)c(C)c1CN(C)Cc1cccc(C(=O)Nc2c(C)noc2C)c1. The zero-order chi connectivity index (χ0) is 20.4. The molecule has 2 heterocycles. The zero-order valence-corrected chi connectivity index (χ0v) is 17.3. The molecule has 0 bridgehead atoms. The van der Waals surface area contributed by atoms with Crippen molar-refractivity contribution in [3.05, 3.63) is 63.8 Å². The van der Waals surface area contributed by atoms with E-state index in [1.54, 1.807) is 13.8 Å². The van der Waals surface area contributed by atoms with Crippen molar-refractivity contribution in [1.82, 2.24) is 19.8 Å². The monoisotopic (exact) mass is 381 g/mol. The molecule has 0 fully saturated rings. The van der Waals surface area contributed by atoms with Crippen LogP contribution in [-0.2, 0) is 20.1 Å². The van der Waals surface area contributed by atoms with Gasteiger partial charge >= 0.3 is 0 Å². The van der Waals surface area contributed by atoms with E-state index in [0.717, 1.165) is 24.3 Å². The standard InChI is InChI=1S/C21H27N5O2/c1-13-19(15(3)26(6)23-13)12-25(5)11-17-8-7-9-18(10-17)21(27)22-20-14(2)24-28-16(20)4/h7-10H,11-12H2,1-6H3,(H,22,27). The minimum absolute atomic E-state index is 0.169. The molecule has 3 aromatic rings. The first-order valence-electron chi connectivity index (χ1n) is 9.27. The minimum Gasteiger partial charge on any atom is -0.359 e. The molecule has 28 heavy (non-hydrogen) atoms. The number of benzene rings is 1. The van der Waals surface area contributed by atoms with E-state index in [0.29, 0.717) is 22.7 Å². The van der Waals surface area contributed by atoms with Gasteiger partial charge in [-0.1, -0.05) is 17.3 Å². The first-order chi connectivity index (χ1) is 13.3. The van der Waals surface area contributed by atoms with E-state index in [4.69, 9.17) is 4.52 Å². The number of hydrogen-bond donors (Lipinski definition) is 1. The van der Waals surface area contributed by atoms with Crippen LogP contribution in [0.3, 0.4) is 0 Å².